The maximum atomic E-state index is 11.9. The van der Waals surface area contributed by atoms with E-state index in [4.69, 9.17) is 21.7 Å². The fourth-order valence-electron chi connectivity index (χ4n) is 1.82. The largest absolute Gasteiger partial charge is 0.358 e. The number of hydrogen-bond acceptors (Lipinski definition) is 5. The van der Waals surface area contributed by atoms with Gasteiger partial charge in [-0.15, -0.1) is 0 Å². The molecule has 1 aromatic rings. The van der Waals surface area contributed by atoms with Gasteiger partial charge in [-0.3, -0.25) is 9.59 Å². The van der Waals surface area contributed by atoms with Crippen LogP contribution >= 0.6 is 12.2 Å². The second-order valence-electron chi connectivity index (χ2n) is 5.09. The number of hydrogen-bond donors (Lipinski definition) is 3. The molecule has 0 heterocycles. The maximum Gasteiger partial charge on any atom is 0.293 e. The van der Waals surface area contributed by atoms with Crippen LogP contribution in [0.5, 0.6) is 0 Å². The molecule has 0 atom stereocenters. The van der Waals surface area contributed by atoms with E-state index in [1.165, 1.54) is 14.2 Å². The number of rotatable bonds is 8. The molecule has 0 aliphatic rings. The Balaban J connectivity index is 2.43. The molecular formula is C16H23N3O4S. The molecule has 0 radical (unpaired) electrons. The molecular weight excluding hydrogens is 330 g/mol. The Kier molecular flexibility index (Phi) is 8.31. The van der Waals surface area contributed by atoms with Crippen LogP contribution in [-0.2, 0) is 19.1 Å². The molecule has 0 aliphatic carbocycles. The van der Waals surface area contributed by atoms with Gasteiger partial charge in [-0.2, -0.15) is 0 Å². The third kappa shape index (κ3) is 6.23. The number of ketones is 1. The highest BCUT2D eigenvalue weighted by molar-refractivity contribution is 7.80. The number of thiocarbonyl (C=S) groups is 1. The first-order valence-corrected chi connectivity index (χ1v) is 7.77. The molecule has 0 fully saturated rings. The Morgan fingerprint density at radius 1 is 1.17 bits per heavy atom. The van der Waals surface area contributed by atoms with E-state index in [2.05, 4.69) is 16.0 Å². The molecule has 3 N–H and O–H groups in total. The highest BCUT2D eigenvalue weighted by Gasteiger charge is 2.15. The minimum Gasteiger partial charge on any atom is -0.358 e. The lowest BCUT2D eigenvalue weighted by molar-refractivity contribution is -0.134. The Morgan fingerprint density at radius 2 is 1.83 bits per heavy atom. The van der Waals surface area contributed by atoms with Crippen molar-refractivity contribution in [3.63, 3.8) is 0 Å². The predicted octanol–water partition coefficient (Wildman–Crippen LogP) is 0.894. The van der Waals surface area contributed by atoms with E-state index in [0.29, 0.717) is 12.2 Å². The quantitative estimate of drug-likeness (QED) is 0.363. The van der Waals surface area contributed by atoms with Crippen LogP contribution in [0.15, 0.2) is 18.2 Å². The van der Waals surface area contributed by atoms with Crippen molar-refractivity contribution < 1.29 is 19.1 Å². The Bertz CT molecular complexity index is 603. The van der Waals surface area contributed by atoms with Crippen LogP contribution in [0.25, 0.3) is 0 Å². The lowest BCUT2D eigenvalue weighted by atomic mass is 10.1. The summed E-state index contributed by atoms with van der Waals surface area (Å²) in [7, 11) is 3.01. The second-order valence-corrected chi connectivity index (χ2v) is 5.50. The number of carbonyl (C=O) groups is 2. The van der Waals surface area contributed by atoms with Crippen LogP contribution in [0.3, 0.4) is 0 Å². The van der Waals surface area contributed by atoms with Crippen molar-refractivity contribution in [1.82, 2.24) is 10.6 Å². The molecule has 24 heavy (non-hydrogen) atoms. The summed E-state index contributed by atoms with van der Waals surface area (Å²) >= 11 is 5.02. The highest BCUT2D eigenvalue weighted by atomic mass is 32.1. The fourth-order valence-corrected chi connectivity index (χ4v) is 1.98. The standard InChI is InChI=1S/C16H23N3O4S/c1-10-6-5-7-12(11(10)2)19-15(21)13(20)8-17-16(24)18-9-14(22-3)23-4/h5-7,14H,8-9H2,1-4H3,(H,19,21)(H2,17,18,24). The minimum absolute atomic E-state index is 0.201. The van der Waals surface area contributed by atoms with Crippen LogP contribution in [0, 0.1) is 13.8 Å². The van der Waals surface area contributed by atoms with Crippen molar-refractivity contribution in [2.45, 2.75) is 20.1 Å². The van der Waals surface area contributed by atoms with Gasteiger partial charge < -0.3 is 25.4 Å². The molecule has 0 bridgehead atoms. The zero-order chi connectivity index (χ0) is 18.1. The third-order valence-corrected chi connectivity index (χ3v) is 3.76. The molecule has 132 valence electrons. The van der Waals surface area contributed by atoms with E-state index in [0.717, 1.165) is 11.1 Å². The van der Waals surface area contributed by atoms with Crippen LogP contribution in [0.2, 0.25) is 0 Å². The smallest absolute Gasteiger partial charge is 0.293 e. The minimum atomic E-state index is -0.689. The molecule has 0 unspecified atom stereocenters. The molecule has 0 aliphatic heterocycles. The summed E-state index contributed by atoms with van der Waals surface area (Å²) in [5.74, 6) is -1.30. The van der Waals surface area contributed by atoms with Gasteiger partial charge in [0.25, 0.3) is 5.91 Å². The number of carbonyl (C=O) groups excluding carboxylic acids is 2. The van der Waals surface area contributed by atoms with Crippen molar-refractivity contribution in [2.75, 3.05) is 32.6 Å². The van der Waals surface area contributed by atoms with Crippen molar-refractivity contribution in [1.29, 1.82) is 0 Å². The SMILES string of the molecule is COC(CNC(=S)NCC(=O)C(=O)Nc1cccc(C)c1C)OC. The molecule has 8 heteroatoms. The number of anilines is 1. The summed E-state index contributed by atoms with van der Waals surface area (Å²) in [6.45, 7) is 3.94. The van der Waals surface area contributed by atoms with Crippen LogP contribution < -0.4 is 16.0 Å². The Hall–Kier alpha value is -2.03. The van der Waals surface area contributed by atoms with E-state index >= 15 is 0 Å². The van der Waals surface area contributed by atoms with Gasteiger partial charge in [-0.05, 0) is 43.3 Å². The average molecular weight is 353 g/mol. The van der Waals surface area contributed by atoms with Crippen LogP contribution in [0.4, 0.5) is 5.69 Å². The molecule has 0 aromatic heterocycles. The lowest BCUT2D eigenvalue weighted by Crippen LogP contribution is -2.44. The van der Waals surface area contributed by atoms with Gasteiger partial charge in [-0.1, -0.05) is 12.1 Å². The van der Waals surface area contributed by atoms with E-state index in [-0.39, 0.29) is 11.7 Å². The molecule has 0 spiro atoms. The van der Waals surface area contributed by atoms with Crippen molar-refractivity contribution in [2.24, 2.45) is 0 Å². The van der Waals surface area contributed by atoms with E-state index in [1.807, 2.05) is 26.0 Å². The van der Waals surface area contributed by atoms with Gasteiger partial charge in [0.2, 0.25) is 5.78 Å². The summed E-state index contributed by atoms with van der Waals surface area (Å²) in [6, 6.07) is 5.51. The van der Waals surface area contributed by atoms with Gasteiger partial charge in [0.1, 0.15) is 0 Å². The third-order valence-electron chi connectivity index (χ3n) is 3.47. The molecule has 7 nitrogen and oxygen atoms in total. The number of aryl methyl sites for hydroxylation is 1. The number of Topliss-reactive ketones (excluding diaryl/α,β-unsaturated/α-hetero) is 1. The first-order chi connectivity index (χ1) is 11.4. The number of ether oxygens (including phenoxy) is 2. The summed E-state index contributed by atoms with van der Waals surface area (Å²) in [4.78, 5) is 23.8. The summed E-state index contributed by atoms with van der Waals surface area (Å²) in [5, 5.41) is 8.36. The van der Waals surface area contributed by atoms with Crippen molar-refractivity contribution in [3.8, 4) is 0 Å². The van der Waals surface area contributed by atoms with Crippen LogP contribution in [-0.4, -0.2) is 50.4 Å². The van der Waals surface area contributed by atoms with E-state index in [9.17, 15) is 9.59 Å². The molecule has 0 saturated heterocycles. The topological polar surface area (TPSA) is 88.7 Å². The molecule has 1 amide bonds. The van der Waals surface area contributed by atoms with Crippen LogP contribution in [0.1, 0.15) is 11.1 Å². The normalized spacial score (nSPS) is 10.4. The molecule has 1 rings (SSSR count). The number of amides is 1. The first-order valence-electron chi connectivity index (χ1n) is 7.36. The number of nitrogens with one attached hydrogen (secondary N) is 3. The first kappa shape index (κ1) is 20.0. The fraction of sp³-hybridized carbons (Fsp3) is 0.438. The van der Waals surface area contributed by atoms with Gasteiger partial charge in [0.05, 0.1) is 13.1 Å². The highest BCUT2D eigenvalue weighted by Crippen LogP contribution is 2.17. The zero-order valence-electron chi connectivity index (χ0n) is 14.3. The van der Waals surface area contributed by atoms with E-state index in [1.54, 1.807) is 6.07 Å². The molecule has 0 saturated carbocycles. The Labute approximate surface area is 147 Å². The van der Waals surface area contributed by atoms with Crippen molar-refractivity contribution >= 4 is 34.7 Å². The Morgan fingerprint density at radius 3 is 2.46 bits per heavy atom. The predicted molar refractivity (Wildman–Crippen MR) is 96.0 cm³/mol. The van der Waals surface area contributed by atoms with Gasteiger partial charge in [0, 0.05) is 19.9 Å². The van der Waals surface area contributed by atoms with Gasteiger partial charge >= 0.3 is 0 Å². The summed E-state index contributed by atoms with van der Waals surface area (Å²) < 4.78 is 10.00. The van der Waals surface area contributed by atoms with Gasteiger partial charge in [-0.25, -0.2) is 0 Å². The molecule has 1 aromatic carbocycles. The summed E-state index contributed by atoms with van der Waals surface area (Å²) in [6.07, 6.45) is -0.451. The second kappa shape index (κ2) is 9.96. The van der Waals surface area contributed by atoms with E-state index < -0.39 is 18.0 Å². The maximum absolute atomic E-state index is 11.9. The number of benzene rings is 1. The summed E-state index contributed by atoms with van der Waals surface area (Å²) in [5.41, 5.74) is 2.58. The van der Waals surface area contributed by atoms with Gasteiger partial charge in [0.15, 0.2) is 11.4 Å². The number of methoxy groups -OCH3 is 2. The average Bonchev–Trinajstić information content (AvgIpc) is 2.57. The van der Waals surface area contributed by atoms with Crippen molar-refractivity contribution in [3.05, 3.63) is 29.3 Å². The lowest BCUT2D eigenvalue weighted by Gasteiger charge is -2.16. The monoisotopic (exact) mass is 353 g/mol. The zero-order valence-corrected chi connectivity index (χ0v) is 15.1.